The van der Waals surface area contributed by atoms with E-state index in [1.807, 2.05) is 0 Å². The Balaban J connectivity index is 2.29. The summed E-state index contributed by atoms with van der Waals surface area (Å²) >= 11 is 0. The van der Waals surface area contributed by atoms with E-state index in [9.17, 15) is 14.0 Å². The predicted octanol–water partition coefficient (Wildman–Crippen LogP) is 1.60. The molecule has 1 atom stereocenters. The van der Waals surface area contributed by atoms with Gasteiger partial charge in [-0.1, -0.05) is 0 Å². The standard InChI is InChI=1S/C12H13FN2O3/c1-6(12(17)18)14-10-5-9-7(4-8(10)13)2-3-11(16)15-9/h4-6,14H,2-3H2,1H3,(H,15,16)(H,17,18). The zero-order chi connectivity index (χ0) is 13.3. The average molecular weight is 252 g/mol. The second kappa shape index (κ2) is 4.64. The van der Waals surface area contributed by atoms with Crippen LogP contribution in [0.1, 0.15) is 18.9 Å². The molecule has 0 aliphatic carbocycles. The van der Waals surface area contributed by atoms with Gasteiger partial charge in [0.15, 0.2) is 0 Å². The molecule has 1 aromatic rings. The molecular formula is C12H13FN2O3. The van der Waals surface area contributed by atoms with Crippen molar-refractivity contribution in [3.8, 4) is 0 Å². The van der Waals surface area contributed by atoms with Crippen molar-refractivity contribution < 1.29 is 19.1 Å². The maximum atomic E-state index is 13.7. The van der Waals surface area contributed by atoms with Crippen LogP contribution in [0.5, 0.6) is 0 Å². The first-order valence-electron chi connectivity index (χ1n) is 5.59. The summed E-state index contributed by atoms with van der Waals surface area (Å²) in [6, 6.07) is 1.85. The molecule has 96 valence electrons. The third-order valence-electron chi connectivity index (χ3n) is 2.83. The van der Waals surface area contributed by atoms with Crippen molar-refractivity contribution in [2.75, 3.05) is 10.6 Å². The van der Waals surface area contributed by atoms with Gasteiger partial charge in [0.25, 0.3) is 0 Å². The van der Waals surface area contributed by atoms with Crippen LogP contribution in [-0.2, 0) is 16.0 Å². The number of fused-ring (bicyclic) bond motifs is 1. The smallest absolute Gasteiger partial charge is 0.325 e. The summed E-state index contributed by atoms with van der Waals surface area (Å²) in [6.45, 7) is 1.42. The lowest BCUT2D eigenvalue weighted by atomic mass is 10.0. The molecule has 0 saturated carbocycles. The van der Waals surface area contributed by atoms with E-state index in [0.717, 1.165) is 5.56 Å². The van der Waals surface area contributed by atoms with Gasteiger partial charge in [0, 0.05) is 12.1 Å². The summed E-state index contributed by atoms with van der Waals surface area (Å²) in [5.74, 6) is -1.71. The second-order valence-corrected chi connectivity index (χ2v) is 4.24. The number of aryl methyl sites for hydroxylation is 1. The van der Waals surface area contributed by atoms with E-state index in [1.54, 1.807) is 0 Å². The summed E-state index contributed by atoms with van der Waals surface area (Å²) < 4.78 is 13.7. The number of rotatable bonds is 3. The normalized spacial score (nSPS) is 15.6. The Bertz CT molecular complexity index is 516. The Kier molecular flexibility index (Phi) is 3.18. The highest BCUT2D eigenvalue weighted by molar-refractivity contribution is 5.94. The summed E-state index contributed by atoms with van der Waals surface area (Å²) in [6.07, 6.45) is 0.831. The van der Waals surface area contributed by atoms with Gasteiger partial charge in [0.2, 0.25) is 5.91 Å². The minimum absolute atomic E-state index is 0.0749. The highest BCUT2D eigenvalue weighted by atomic mass is 19.1. The molecule has 2 rings (SSSR count). The van der Waals surface area contributed by atoms with Gasteiger partial charge in [-0.05, 0) is 31.0 Å². The lowest BCUT2D eigenvalue weighted by Gasteiger charge is -2.19. The number of nitrogens with one attached hydrogen (secondary N) is 2. The number of aliphatic carboxylic acids is 1. The van der Waals surface area contributed by atoms with Gasteiger partial charge in [-0.3, -0.25) is 9.59 Å². The first kappa shape index (κ1) is 12.3. The number of amides is 1. The van der Waals surface area contributed by atoms with Gasteiger partial charge in [-0.2, -0.15) is 0 Å². The number of hydrogen-bond acceptors (Lipinski definition) is 3. The molecule has 0 spiro atoms. The van der Waals surface area contributed by atoms with E-state index < -0.39 is 17.8 Å². The molecule has 0 bridgehead atoms. The number of hydrogen-bond donors (Lipinski definition) is 3. The summed E-state index contributed by atoms with van der Waals surface area (Å²) in [5, 5.41) is 13.9. The number of carboxylic acids is 1. The highest BCUT2D eigenvalue weighted by Crippen LogP contribution is 2.28. The number of carbonyl (C=O) groups excluding carboxylic acids is 1. The van der Waals surface area contributed by atoms with E-state index in [-0.39, 0.29) is 11.6 Å². The Hall–Kier alpha value is -2.11. The van der Waals surface area contributed by atoms with Crippen LogP contribution in [0.25, 0.3) is 0 Å². The fourth-order valence-electron chi connectivity index (χ4n) is 1.80. The van der Waals surface area contributed by atoms with Crippen LogP contribution < -0.4 is 10.6 Å². The number of halogens is 1. The lowest BCUT2D eigenvalue weighted by Crippen LogP contribution is -2.26. The van der Waals surface area contributed by atoms with Crippen LogP contribution in [0.4, 0.5) is 15.8 Å². The molecule has 0 radical (unpaired) electrons. The molecule has 1 unspecified atom stereocenters. The van der Waals surface area contributed by atoms with Gasteiger partial charge < -0.3 is 15.7 Å². The quantitative estimate of drug-likeness (QED) is 0.763. The SMILES string of the molecule is CC(Nc1cc2c(cc1F)CCC(=O)N2)C(=O)O. The van der Waals surface area contributed by atoms with Gasteiger partial charge in [0.05, 0.1) is 5.69 Å². The number of carboxylic acid groups (broad SMARTS) is 1. The van der Waals surface area contributed by atoms with Gasteiger partial charge >= 0.3 is 5.97 Å². The highest BCUT2D eigenvalue weighted by Gasteiger charge is 2.19. The Labute approximate surface area is 103 Å². The minimum atomic E-state index is -1.07. The number of benzene rings is 1. The molecule has 0 aromatic heterocycles. The van der Waals surface area contributed by atoms with Crippen LogP contribution >= 0.6 is 0 Å². The van der Waals surface area contributed by atoms with Gasteiger partial charge in [-0.25, -0.2) is 4.39 Å². The fraction of sp³-hybridized carbons (Fsp3) is 0.333. The predicted molar refractivity (Wildman–Crippen MR) is 64.1 cm³/mol. The average Bonchev–Trinajstić information content (AvgIpc) is 2.30. The zero-order valence-corrected chi connectivity index (χ0v) is 9.79. The summed E-state index contributed by atoms with van der Waals surface area (Å²) in [7, 11) is 0. The monoisotopic (exact) mass is 252 g/mol. The second-order valence-electron chi connectivity index (χ2n) is 4.24. The zero-order valence-electron chi connectivity index (χ0n) is 9.79. The van der Waals surface area contributed by atoms with Crippen molar-refractivity contribution in [3.63, 3.8) is 0 Å². The Morgan fingerprint density at radius 3 is 2.89 bits per heavy atom. The molecule has 1 aliphatic heterocycles. The molecule has 1 amide bonds. The first-order valence-corrected chi connectivity index (χ1v) is 5.59. The number of anilines is 2. The van der Waals surface area contributed by atoms with Crippen molar-refractivity contribution in [2.45, 2.75) is 25.8 Å². The third kappa shape index (κ3) is 2.42. The third-order valence-corrected chi connectivity index (χ3v) is 2.83. The summed E-state index contributed by atoms with van der Waals surface area (Å²) in [5.41, 5.74) is 1.33. The molecule has 5 nitrogen and oxygen atoms in total. The molecule has 1 heterocycles. The van der Waals surface area contributed by atoms with E-state index in [2.05, 4.69) is 10.6 Å². The fourth-order valence-corrected chi connectivity index (χ4v) is 1.80. The van der Waals surface area contributed by atoms with Crippen molar-refractivity contribution in [1.82, 2.24) is 0 Å². The molecular weight excluding hydrogens is 239 g/mol. The van der Waals surface area contributed by atoms with E-state index in [4.69, 9.17) is 5.11 Å². The van der Waals surface area contributed by atoms with Crippen LogP contribution in [0.3, 0.4) is 0 Å². The van der Waals surface area contributed by atoms with Crippen LogP contribution in [0.2, 0.25) is 0 Å². The molecule has 6 heteroatoms. The summed E-state index contributed by atoms with van der Waals surface area (Å²) in [4.78, 5) is 21.9. The van der Waals surface area contributed by atoms with Crippen molar-refractivity contribution in [1.29, 1.82) is 0 Å². The number of carbonyl (C=O) groups is 2. The largest absolute Gasteiger partial charge is 0.480 e. The van der Waals surface area contributed by atoms with Crippen molar-refractivity contribution >= 4 is 23.3 Å². The van der Waals surface area contributed by atoms with E-state index in [0.29, 0.717) is 18.5 Å². The van der Waals surface area contributed by atoms with Crippen LogP contribution in [-0.4, -0.2) is 23.0 Å². The molecule has 0 fully saturated rings. The Morgan fingerprint density at radius 1 is 1.50 bits per heavy atom. The van der Waals surface area contributed by atoms with Gasteiger partial charge in [-0.15, -0.1) is 0 Å². The molecule has 18 heavy (non-hydrogen) atoms. The molecule has 0 saturated heterocycles. The van der Waals surface area contributed by atoms with Crippen LogP contribution in [0.15, 0.2) is 12.1 Å². The maximum Gasteiger partial charge on any atom is 0.325 e. The molecule has 1 aromatic carbocycles. The molecule has 3 N–H and O–H groups in total. The van der Waals surface area contributed by atoms with Crippen molar-refractivity contribution in [2.24, 2.45) is 0 Å². The first-order chi connectivity index (χ1) is 8.47. The molecule has 1 aliphatic rings. The topological polar surface area (TPSA) is 78.4 Å². The van der Waals surface area contributed by atoms with Crippen LogP contribution in [0, 0.1) is 5.82 Å². The van der Waals surface area contributed by atoms with Gasteiger partial charge in [0.1, 0.15) is 11.9 Å². The maximum absolute atomic E-state index is 13.7. The minimum Gasteiger partial charge on any atom is -0.480 e. The van der Waals surface area contributed by atoms with Crippen molar-refractivity contribution in [3.05, 3.63) is 23.5 Å². The Morgan fingerprint density at radius 2 is 2.22 bits per heavy atom. The van der Waals surface area contributed by atoms with E-state index in [1.165, 1.54) is 19.1 Å². The van der Waals surface area contributed by atoms with E-state index >= 15 is 0 Å². The lowest BCUT2D eigenvalue weighted by molar-refractivity contribution is -0.137.